The van der Waals surface area contributed by atoms with Gasteiger partial charge in [-0.25, -0.2) is 0 Å². The molecule has 3 atom stereocenters. The summed E-state index contributed by atoms with van der Waals surface area (Å²) in [4.78, 5) is 0. The monoisotopic (exact) mass is 128 g/mol. The van der Waals surface area contributed by atoms with Crippen LogP contribution in [0.1, 0.15) is 6.42 Å². The summed E-state index contributed by atoms with van der Waals surface area (Å²) in [6.07, 6.45) is 0.474. The van der Waals surface area contributed by atoms with E-state index in [2.05, 4.69) is 0 Å². The van der Waals surface area contributed by atoms with Crippen LogP contribution in [0.5, 0.6) is 0 Å². The summed E-state index contributed by atoms with van der Waals surface area (Å²) >= 11 is 0. The lowest BCUT2D eigenvalue weighted by molar-refractivity contribution is -0.515. The van der Waals surface area contributed by atoms with Crippen molar-refractivity contribution in [1.29, 1.82) is 0 Å². The van der Waals surface area contributed by atoms with Crippen LogP contribution >= 0.6 is 0 Å². The zero-order valence-electron chi connectivity index (χ0n) is 5.28. The molecule has 3 nitrogen and oxygen atoms in total. The van der Waals surface area contributed by atoms with E-state index in [0.29, 0.717) is 12.0 Å². The van der Waals surface area contributed by atoms with Crippen molar-refractivity contribution in [2.75, 3.05) is 7.05 Å². The summed E-state index contributed by atoms with van der Waals surface area (Å²) in [5.41, 5.74) is 0. The van der Waals surface area contributed by atoms with E-state index in [1.54, 1.807) is 4.58 Å². The quantitative estimate of drug-likeness (QED) is 0.426. The van der Waals surface area contributed by atoms with Crippen LogP contribution in [-0.2, 0) is 0 Å². The summed E-state index contributed by atoms with van der Waals surface area (Å²) in [6.45, 7) is 0. The molecule has 2 N–H and O–H groups in total. The molecule has 0 radical (unpaired) electrons. The zero-order chi connectivity index (χ0) is 6.59. The summed E-state index contributed by atoms with van der Waals surface area (Å²) < 4.78 is 1.76. The predicted octanol–water partition coefficient (Wildman–Crippen LogP) is -0.652. The fourth-order valence-electron chi connectivity index (χ4n) is 1.55. The van der Waals surface area contributed by atoms with E-state index in [9.17, 15) is 0 Å². The van der Waals surface area contributed by atoms with E-state index in [0.717, 1.165) is 6.42 Å². The molecule has 0 aromatic heterocycles. The second kappa shape index (κ2) is 1.29. The Morgan fingerprint density at radius 1 is 1.67 bits per heavy atom. The molecule has 1 fully saturated rings. The van der Waals surface area contributed by atoms with Crippen molar-refractivity contribution in [1.82, 2.24) is 0 Å². The van der Waals surface area contributed by atoms with Crippen LogP contribution in [0.15, 0.2) is 0 Å². The Balaban J connectivity index is 2.33. The minimum atomic E-state index is -0.569. The van der Waals surface area contributed by atoms with Gasteiger partial charge < -0.3 is 10.2 Å². The van der Waals surface area contributed by atoms with Crippen molar-refractivity contribution in [2.45, 2.75) is 18.6 Å². The Morgan fingerprint density at radius 2 is 2.33 bits per heavy atom. The molecule has 0 spiro atoms. The molecule has 1 aliphatic heterocycles. The van der Waals surface area contributed by atoms with E-state index in [-0.39, 0.29) is 5.90 Å². The molecule has 3 heteroatoms. The second-order valence-electron chi connectivity index (χ2n) is 2.88. The molecule has 2 aliphatic rings. The van der Waals surface area contributed by atoms with Crippen molar-refractivity contribution in [3.63, 3.8) is 0 Å². The van der Waals surface area contributed by atoms with Gasteiger partial charge in [-0.05, 0) is 0 Å². The molecular weight excluding hydrogens is 118 g/mol. The SMILES string of the molecule is C[N+]1=C(O)C(O)C2CC21. The summed E-state index contributed by atoms with van der Waals surface area (Å²) in [5, 5.41) is 18.2. The molecule has 0 amide bonds. The van der Waals surface area contributed by atoms with Crippen LogP contribution in [-0.4, -0.2) is 39.9 Å². The Labute approximate surface area is 53.2 Å². The molecule has 0 aromatic carbocycles. The van der Waals surface area contributed by atoms with Gasteiger partial charge >= 0.3 is 5.90 Å². The predicted molar refractivity (Wildman–Crippen MR) is 31.7 cm³/mol. The lowest BCUT2D eigenvalue weighted by atomic mass is 10.2. The molecule has 50 valence electrons. The fraction of sp³-hybridized carbons (Fsp3) is 0.833. The first-order valence-corrected chi connectivity index (χ1v) is 3.18. The van der Waals surface area contributed by atoms with Crippen molar-refractivity contribution in [3.05, 3.63) is 0 Å². The standard InChI is InChI=1S/C6H9NO2/c1-7-4-2-3(4)5(8)6(7)9/h3-5,8H,2H2,1H3/p+1. The van der Waals surface area contributed by atoms with E-state index in [4.69, 9.17) is 10.2 Å². The average Bonchev–Trinajstić information content (AvgIpc) is 2.56. The maximum Gasteiger partial charge on any atom is 0.364 e. The van der Waals surface area contributed by atoms with Gasteiger partial charge in [-0.2, -0.15) is 4.58 Å². The number of fused-ring (bicyclic) bond motifs is 1. The first kappa shape index (κ1) is 5.23. The summed E-state index contributed by atoms with van der Waals surface area (Å²) in [6, 6.07) is 0.431. The van der Waals surface area contributed by atoms with Crippen LogP contribution < -0.4 is 0 Å². The molecule has 1 saturated carbocycles. The highest BCUT2D eigenvalue weighted by Gasteiger charge is 2.60. The van der Waals surface area contributed by atoms with Gasteiger partial charge in [-0.1, -0.05) is 0 Å². The molecule has 0 aromatic rings. The van der Waals surface area contributed by atoms with Gasteiger partial charge in [0.15, 0.2) is 12.1 Å². The van der Waals surface area contributed by atoms with E-state index in [1.165, 1.54) is 0 Å². The highest BCUT2D eigenvalue weighted by atomic mass is 16.3. The Bertz CT molecular complexity index is 183. The zero-order valence-corrected chi connectivity index (χ0v) is 5.28. The lowest BCUT2D eigenvalue weighted by Crippen LogP contribution is -2.23. The summed E-state index contributed by atoms with van der Waals surface area (Å²) in [7, 11) is 1.82. The number of hydrogen-bond acceptors (Lipinski definition) is 1. The normalized spacial score (nSPS) is 47.6. The topological polar surface area (TPSA) is 43.5 Å². The van der Waals surface area contributed by atoms with Crippen molar-refractivity contribution in [3.8, 4) is 0 Å². The minimum absolute atomic E-state index is 0.149. The van der Waals surface area contributed by atoms with E-state index in [1.807, 2.05) is 7.05 Å². The van der Waals surface area contributed by atoms with Gasteiger partial charge in [0.05, 0.1) is 5.92 Å². The maximum absolute atomic E-state index is 9.15. The number of aliphatic hydroxyl groups excluding tert-OH is 2. The van der Waals surface area contributed by atoms with Gasteiger partial charge in [0.1, 0.15) is 7.05 Å². The third-order valence-electron chi connectivity index (χ3n) is 2.33. The number of rotatable bonds is 0. The minimum Gasteiger partial charge on any atom is -0.462 e. The Hall–Kier alpha value is -0.570. The largest absolute Gasteiger partial charge is 0.462 e. The molecule has 2 rings (SSSR count). The number of nitrogens with zero attached hydrogens (tertiary/aromatic N) is 1. The van der Waals surface area contributed by atoms with Gasteiger partial charge in [0.25, 0.3) is 0 Å². The second-order valence-corrected chi connectivity index (χ2v) is 2.88. The van der Waals surface area contributed by atoms with E-state index >= 15 is 0 Å². The smallest absolute Gasteiger partial charge is 0.364 e. The lowest BCUT2D eigenvalue weighted by Gasteiger charge is -1.95. The van der Waals surface area contributed by atoms with E-state index < -0.39 is 6.10 Å². The van der Waals surface area contributed by atoms with Gasteiger partial charge in [-0.3, -0.25) is 0 Å². The first-order chi connectivity index (χ1) is 4.22. The van der Waals surface area contributed by atoms with Gasteiger partial charge in [0, 0.05) is 6.42 Å². The Kier molecular flexibility index (Phi) is 0.750. The van der Waals surface area contributed by atoms with Gasteiger partial charge in [-0.15, -0.1) is 0 Å². The van der Waals surface area contributed by atoms with Crippen LogP contribution in [0.25, 0.3) is 0 Å². The van der Waals surface area contributed by atoms with Crippen molar-refractivity contribution >= 4 is 5.90 Å². The molecule has 1 heterocycles. The molecule has 3 unspecified atom stereocenters. The fourth-order valence-corrected chi connectivity index (χ4v) is 1.55. The Morgan fingerprint density at radius 3 is 2.56 bits per heavy atom. The average molecular weight is 128 g/mol. The van der Waals surface area contributed by atoms with Crippen LogP contribution in [0.3, 0.4) is 0 Å². The molecule has 9 heavy (non-hydrogen) atoms. The first-order valence-electron chi connectivity index (χ1n) is 3.18. The van der Waals surface area contributed by atoms with Crippen LogP contribution in [0.2, 0.25) is 0 Å². The van der Waals surface area contributed by atoms with Crippen molar-refractivity contribution < 1.29 is 14.8 Å². The maximum atomic E-state index is 9.15. The van der Waals surface area contributed by atoms with Gasteiger partial charge in [0.2, 0.25) is 0 Å². The third kappa shape index (κ3) is 0.477. The van der Waals surface area contributed by atoms with Crippen LogP contribution in [0, 0.1) is 5.92 Å². The number of hydrogen-bond donors (Lipinski definition) is 2. The molecular formula is C6H10NO2+. The molecule has 1 aliphatic carbocycles. The summed E-state index contributed by atoms with van der Waals surface area (Å²) in [5.74, 6) is 0.478. The molecule has 0 bridgehead atoms. The van der Waals surface area contributed by atoms with Crippen molar-refractivity contribution in [2.24, 2.45) is 5.92 Å². The third-order valence-corrected chi connectivity index (χ3v) is 2.33. The molecule has 0 saturated heterocycles. The highest BCUT2D eigenvalue weighted by Crippen LogP contribution is 2.40. The number of aliphatic hydroxyl groups is 2. The highest BCUT2D eigenvalue weighted by molar-refractivity contribution is 5.76. The van der Waals surface area contributed by atoms with Crippen LogP contribution in [0.4, 0.5) is 0 Å².